The van der Waals surface area contributed by atoms with Crippen LogP contribution in [0.25, 0.3) is 10.9 Å². The fourth-order valence-electron chi connectivity index (χ4n) is 2.93. The summed E-state index contributed by atoms with van der Waals surface area (Å²) in [5.74, 6) is 1.27. The SMILES string of the molecule is Cc1c(Cl)cccc1N=Nc1c(O)n(C2CSC2)c2c(F)cccc12. The standard InChI is InChI=1S/C18H15ClFN3OS/c1-10-13(19)5-3-7-15(10)21-22-16-12-4-2-6-14(20)17(12)23(18(16)24)11-8-25-9-11/h2-7,11,24H,8-9H2,1H3. The highest BCUT2D eigenvalue weighted by atomic mass is 35.5. The van der Waals surface area contributed by atoms with Gasteiger partial charge < -0.3 is 9.67 Å². The van der Waals surface area contributed by atoms with Crippen LogP contribution in [0.2, 0.25) is 5.02 Å². The molecule has 2 aromatic carbocycles. The Bertz CT molecular complexity index is 998. The van der Waals surface area contributed by atoms with Crippen LogP contribution in [0.1, 0.15) is 11.6 Å². The maximum Gasteiger partial charge on any atom is 0.221 e. The van der Waals surface area contributed by atoms with E-state index in [1.807, 2.05) is 6.92 Å². The molecular formula is C18H15ClFN3OS. The highest BCUT2D eigenvalue weighted by Gasteiger charge is 2.29. The lowest BCUT2D eigenvalue weighted by Gasteiger charge is -2.27. The number of hydrogen-bond donors (Lipinski definition) is 1. The molecule has 1 aromatic heterocycles. The molecular weight excluding hydrogens is 361 g/mol. The molecule has 4 rings (SSSR count). The summed E-state index contributed by atoms with van der Waals surface area (Å²) < 4.78 is 16.1. The molecule has 0 saturated carbocycles. The Kier molecular flexibility index (Phi) is 4.17. The molecule has 1 fully saturated rings. The van der Waals surface area contributed by atoms with Crippen molar-refractivity contribution in [1.29, 1.82) is 0 Å². The van der Waals surface area contributed by atoms with Crippen LogP contribution in [0.3, 0.4) is 0 Å². The van der Waals surface area contributed by atoms with Crippen molar-refractivity contribution in [2.75, 3.05) is 11.5 Å². The number of aromatic hydroxyl groups is 1. The zero-order valence-electron chi connectivity index (χ0n) is 13.4. The lowest BCUT2D eigenvalue weighted by Crippen LogP contribution is -2.22. The molecule has 25 heavy (non-hydrogen) atoms. The summed E-state index contributed by atoms with van der Waals surface area (Å²) in [5, 5.41) is 20.3. The number of azo groups is 1. The topological polar surface area (TPSA) is 49.9 Å². The van der Waals surface area contributed by atoms with Gasteiger partial charge in [0.15, 0.2) is 5.69 Å². The Morgan fingerprint density at radius 2 is 1.96 bits per heavy atom. The Morgan fingerprint density at radius 3 is 2.68 bits per heavy atom. The van der Waals surface area contributed by atoms with Crippen molar-refractivity contribution in [3.8, 4) is 5.88 Å². The number of nitrogens with zero attached hydrogens (tertiary/aromatic N) is 3. The van der Waals surface area contributed by atoms with Gasteiger partial charge in [0.2, 0.25) is 5.88 Å². The van der Waals surface area contributed by atoms with Crippen LogP contribution >= 0.6 is 23.4 Å². The van der Waals surface area contributed by atoms with Crippen molar-refractivity contribution in [2.24, 2.45) is 10.2 Å². The fraction of sp³-hybridized carbons (Fsp3) is 0.222. The molecule has 0 unspecified atom stereocenters. The number of para-hydroxylation sites is 1. The average molecular weight is 376 g/mol. The lowest BCUT2D eigenvalue weighted by molar-refractivity contribution is 0.404. The summed E-state index contributed by atoms with van der Waals surface area (Å²) in [4.78, 5) is 0. The van der Waals surface area contributed by atoms with Crippen molar-refractivity contribution in [3.05, 3.63) is 52.8 Å². The zero-order valence-corrected chi connectivity index (χ0v) is 15.0. The first-order valence-electron chi connectivity index (χ1n) is 7.84. The summed E-state index contributed by atoms with van der Waals surface area (Å²) >= 11 is 7.87. The van der Waals surface area contributed by atoms with Gasteiger partial charge in [-0.1, -0.05) is 29.8 Å². The van der Waals surface area contributed by atoms with Crippen LogP contribution in [0.15, 0.2) is 46.6 Å². The lowest BCUT2D eigenvalue weighted by atomic mass is 10.2. The van der Waals surface area contributed by atoms with E-state index in [0.29, 0.717) is 21.6 Å². The molecule has 1 N–H and O–H groups in total. The highest BCUT2D eigenvalue weighted by molar-refractivity contribution is 8.00. The number of hydrogen-bond acceptors (Lipinski definition) is 4. The van der Waals surface area contributed by atoms with E-state index in [-0.39, 0.29) is 23.4 Å². The third kappa shape index (κ3) is 2.69. The van der Waals surface area contributed by atoms with Crippen LogP contribution in [0.5, 0.6) is 5.88 Å². The quantitative estimate of drug-likeness (QED) is 0.558. The molecule has 0 atom stereocenters. The number of fused-ring (bicyclic) bond motifs is 1. The van der Waals surface area contributed by atoms with Crippen LogP contribution < -0.4 is 0 Å². The first kappa shape index (κ1) is 16.4. The Labute approximate surface area is 153 Å². The maximum absolute atomic E-state index is 14.4. The molecule has 0 bridgehead atoms. The van der Waals surface area contributed by atoms with E-state index in [4.69, 9.17) is 11.6 Å². The first-order valence-corrected chi connectivity index (χ1v) is 9.37. The summed E-state index contributed by atoms with van der Waals surface area (Å²) in [6.45, 7) is 1.85. The van der Waals surface area contributed by atoms with Crippen molar-refractivity contribution < 1.29 is 9.50 Å². The number of thioether (sulfide) groups is 1. The minimum absolute atomic E-state index is 0.0474. The number of benzene rings is 2. The molecule has 3 aromatic rings. The molecule has 2 heterocycles. The van der Waals surface area contributed by atoms with Crippen LogP contribution in [-0.4, -0.2) is 21.2 Å². The molecule has 1 aliphatic heterocycles. The molecule has 128 valence electrons. The molecule has 4 nitrogen and oxygen atoms in total. The zero-order chi connectivity index (χ0) is 17.6. The van der Waals surface area contributed by atoms with Gasteiger partial charge in [0, 0.05) is 21.9 Å². The first-order chi connectivity index (χ1) is 12.1. The molecule has 0 spiro atoms. The Hall–Kier alpha value is -2.05. The molecule has 7 heteroatoms. The van der Waals surface area contributed by atoms with Gasteiger partial charge in [-0.05, 0) is 30.7 Å². The van der Waals surface area contributed by atoms with Crippen molar-refractivity contribution >= 4 is 45.6 Å². The van der Waals surface area contributed by atoms with Gasteiger partial charge in [-0.2, -0.15) is 16.9 Å². The van der Waals surface area contributed by atoms with E-state index in [9.17, 15) is 9.50 Å². The van der Waals surface area contributed by atoms with Gasteiger partial charge in [-0.25, -0.2) is 4.39 Å². The van der Waals surface area contributed by atoms with Gasteiger partial charge in [0.25, 0.3) is 0 Å². The summed E-state index contributed by atoms with van der Waals surface area (Å²) in [7, 11) is 0. The Morgan fingerprint density at radius 1 is 1.20 bits per heavy atom. The van der Waals surface area contributed by atoms with Crippen molar-refractivity contribution in [3.63, 3.8) is 0 Å². The van der Waals surface area contributed by atoms with E-state index in [0.717, 1.165) is 17.1 Å². The van der Waals surface area contributed by atoms with E-state index < -0.39 is 0 Å². The second-order valence-electron chi connectivity index (χ2n) is 5.95. The average Bonchev–Trinajstić information content (AvgIpc) is 2.81. The monoisotopic (exact) mass is 375 g/mol. The molecule has 0 amide bonds. The van der Waals surface area contributed by atoms with Gasteiger partial charge in [0.1, 0.15) is 5.82 Å². The van der Waals surface area contributed by atoms with E-state index in [1.165, 1.54) is 6.07 Å². The molecule has 1 saturated heterocycles. The van der Waals surface area contributed by atoms with E-state index >= 15 is 0 Å². The largest absolute Gasteiger partial charge is 0.493 e. The third-order valence-corrected chi connectivity index (χ3v) is 6.06. The maximum atomic E-state index is 14.4. The molecule has 1 aliphatic rings. The van der Waals surface area contributed by atoms with Gasteiger partial charge in [0.05, 0.1) is 17.2 Å². The van der Waals surface area contributed by atoms with Gasteiger partial charge in [-0.15, -0.1) is 5.11 Å². The van der Waals surface area contributed by atoms with Gasteiger partial charge in [-0.3, -0.25) is 0 Å². The van der Waals surface area contributed by atoms with Crippen LogP contribution in [-0.2, 0) is 0 Å². The molecule has 0 radical (unpaired) electrons. The predicted molar refractivity (Wildman–Crippen MR) is 100 cm³/mol. The smallest absolute Gasteiger partial charge is 0.221 e. The second-order valence-corrected chi connectivity index (χ2v) is 7.44. The Balaban J connectivity index is 1.87. The summed E-state index contributed by atoms with van der Waals surface area (Å²) in [5.41, 5.74) is 2.08. The summed E-state index contributed by atoms with van der Waals surface area (Å²) in [6, 6.07) is 10.2. The number of halogens is 2. The van der Waals surface area contributed by atoms with Crippen LogP contribution in [0.4, 0.5) is 15.8 Å². The van der Waals surface area contributed by atoms with Gasteiger partial charge >= 0.3 is 0 Å². The van der Waals surface area contributed by atoms with E-state index in [1.54, 1.807) is 46.7 Å². The molecule has 0 aliphatic carbocycles. The highest BCUT2D eigenvalue weighted by Crippen LogP contribution is 2.45. The third-order valence-electron chi connectivity index (χ3n) is 4.41. The van der Waals surface area contributed by atoms with Crippen LogP contribution in [0, 0.1) is 12.7 Å². The summed E-state index contributed by atoms with van der Waals surface area (Å²) in [6.07, 6.45) is 0. The number of aromatic nitrogens is 1. The minimum Gasteiger partial charge on any atom is -0.493 e. The minimum atomic E-state index is -0.370. The second kappa shape index (κ2) is 6.35. The fourth-order valence-corrected chi connectivity index (χ4v) is 3.84. The van der Waals surface area contributed by atoms with Crippen molar-refractivity contribution in [1.82, 2.24) is 4.57 Å². The predicted octanol–water partition coefficient (Wildman–Crippen LogP) is 6.15. The number of rotatable bonds is 3. The van der Waals surface area contributed by atoms with E-state index in [2.05, 4.69) is 10.2 Å². The van der Waals surface area contributed by atoms with Crippen molar-refractivity contribution in [2.45, 2.75) is 13.0 Å². The normalized spacial score (nSPS) is 15.2.